The van der Waals surface area contributed by atoms with Gasteiger partial charge in [-0.25, -0.2) is 4.39 Å². The summed E-state index contributed by atoms with van der Waals surface area (Å²) in [5, 5.41) is 0. The first-order valence-electron chi connectivity index (χ1n) is 8.31. The van der Waals surface area contributed by atoms with Gasteiger partial charge in [0.1, 0.15) is 11.6 Å². The molecule has 0 radical (unpaired) electrons. The number of hydrogen-bond donors (Lipinski definition) is 0. The van der Waals surface area contributed by atoms with Crippen LogP contribution >= 0.6 is 0 Å². The summed E-state index contributed by atoms with van der Waals surface area (Å²) in [6.07, 6.45) is 0.870. The van der Waals surface area contributed by atoms with E-state index in [1.165, 1.54) is 19.1 Å². The number of rotatable bonds is 8. The Hall–Kier alpha value is -2.69. The van der Waals surface area contributed by atoms with E-state index in [0.29, 0.717) is 43.0 Å². The standard InChI is InChI=1S/C20H22FNO3/c1-3-22(18-7-4-6-17(21)14-18)20(24)8-5-13-25-19-11-9-16(10-12-19)15(2)23/h4,6-7,9-12,14H,3,5,8,13H2,1-2H3. The van der Waals surface area contributed by atoms with Gasteiger partial charge in [-0.1, -0.05) is 6.07 Å². The Morgan fingerprint density at radius 2 is 1.84 bits per heavy atom. The Morgan fingerprint density at radius 3 is 2.44 bits per heavy atom. The second kappa shape index (κ2) is 8.97. The number of anilines is 1. The maximum Gasteiger partial charge on any atom is 0.227 e. The zero-order valence-corrected chi connectivity index (χ0v) is 14.5. The van der Waals surface area contributed by atoms with Gasteiger partial charge in [0.05, 0.1) is 6.61 Å². The summed E-state index contributed by atoms with van der Waals surface area (Å²) in [7, 11) is 0. The third-order valence-corrected chi connectivity index (χ3v) is 3.80. The number of Topliss-reactive ketones (excluding diaryl/α,β-unsaturated/α-hetero) is 1. The molecule has 0 aliphatic heterocycles. The fourth-order valence-electron chi connectivity index (χ4n) is 2.48. The monoisotopic (exact) mass is 343 g/mol. The average molecular weight is 343 g/mol. The molecular weight excluding hydrogens is 321 g/mol. The van der Waals surface area contributed by atoms with E-state index in [1.807, 2.05) is 6.92 Å². The molecule has 1 amide bonds. The first-order valence-corrected chi connectivity index (χ1v) is 8.31. The smallest absolute Gasteiger partial charge is 0.227 e. The number of amides is 1. The van der Waals surface area contributed by atoms with Crippen molar-refractivity contribution in [1.82, 2.24) is 0 Å². The molecule has 0 N–H and O–H groups in total. The number of ether oxygens (including phenoxy) is 1. The van der Waals surface area contributed by atoms with Gasteiger partial charge in [0.2, 0.25) is 5.91 Å². The highest BCUT2D eigenvalue weighted by Crippen LogP contribution is 2.17. The fourth-order valence-corrected chi connectivity index (χ4v) is 2.48. The van der Waals surface area contributed by atoms with Crippen molar-refractivity contribution < 1.29 is 18.7 Å². The average Bonchev–Trinajstić information content (AvgIpc) is 2.60. The SMILES string of the molecule is CCN(C(=O)CCCOc1ccc(C(C)=O)cc1)c1cccc(F)c1. The number of benzene rings is 2. The van der Waals surface area contributed by atoms with Crippen LogP contribution in [0.3, 0.4) is 0 Å². The van der Waals surface area contributed by atoms with Crippen LogP contribution in [0.25, 0.3) is 0 Å². The van der Waals surface area contributed by atoms with Crippen LogP contribution in [0, 0.1) is 5.82 Å². The van der Waals surface area contributed by atoms with Crippen molar-refractivity contribution >= 4 is 17.4 Å². The molecule has 0 heterocycles. The van der Waals surface area contributed by atoms with Crippen molar-refractivity contribution in [3.8, 4) is 5.75 Å². The molecule has 0 saturated carbocycles. The van der Waals surface area contributed by atoms with E-state index in [-0.39, 0.29) is 17.5 Å². The van der Waals surface area contributed by atoms with Crippen molar-refractivity contribution in [2.75, 3.05) is 18.1 Å². The molecule has 25 heavy (non-hydrogen) atoms. The molecule has 0 aliphatic carbocycles. The van der Waals surface area contributed by atoms with Crippen LogP contribution in [0.15, 0.2) is 48.5 Å². The van der Waals surface area contributed by atoms with Gasteiger partial charge in [0.25, 0.3) is 0 Å². The van der Waals surface area contributed by atoms with Crippen LogP contribution in [-0.4, -0.2) is 24.8 Å². The number of hydrogen-bond acceptors (Lipinski definition) is 3. The van der Waals surface area contributed by atoms with Crippen molar-refractivity contribution in [2.45, 2.75) is 26.7 Å². The number of carbonyl (C=O) groups excluding carboxylic acids is 2. The summed E-state index contributed by atoms with van der Waals surface area (Å²) < 4.78 is 18.9. The van der Waals surface area contributed by atoms with Crippen LogP contribution in [0.2, 0.25) is 0 Å². The normalized spacial score (nSPS) is 10.4. The number of nitrogens with zero attached hydrogens (tertiary/aromatic N) is 1. The lowest BCUT2D eigenvalue weighted by atomic mass is 10.1. The van der Waals surface area contributed by atoms with Gasteiger partial charge < -0.3 is 9.64 Å². The molecule has 0 unspecified atom stereocenters. The Balaban J connectivity index is 1.82. The molecule has 0 fully saturated rings. The van der Waals surface area contributed by atoms with Gasteiger partial charge in [-0.3, -0.25) is 9.59 Å². The first-order chi connectivity index (χ1) is 12.0. The molecule has 132 valence electrons. The molecule has 2 aromatic carbocycles. The third kappa shape index (κ3) is 5.41. The summed E-state index contributed by atoms with van der Waals surface area (Å²) in [5.74, 6) is 0.244. The second-order valence-electron chi connectivity index (χ2n) is 5.65. The molecule has 0 bridgehead atoms. The van der Waals surface area contributed by atoms with Gasteiger partial charge in [0, 0.05) is 24.2 Å². The predicted octanol–water partition coefficient (Wildman–Crippen LogP) is 4.24. The third-order valence-electron chi connectivity index (χ3n) is 3.80. The van der Waals surface area contributed by atoms with E-state index in [0.717, 1.165) is 0 Å². The number of halogens is 1. The van der Waals surface area contributed by atoms with Crippen LogP contribution in [0.5, 0.6) is 5.75 Å². The van der Waals surface area contributed by atoms with E-state index in [1.54, 1.807) is 41.3 Å². The van der Waals surface area contributed by atoms with Gasteiger partial charge in [-0.05, 0) is 62.7 Å². The quantitative estimate of drug-likeness (QED) is 0.532. The lowest BCUT2D eigenvalue weighted by molar-refractivity contribution is -0.118. The Labute approximate surface area is 147 Å². The number of carbonyl (C=O) groups is 2. The fraction of sp³-hybridized carbons (Fsp3) is 0.300. The molecule has 0 atom stereocenters. The van der Waals surface area contributed by atoms with Crippen LogP contribution in [0.4, 0.5) is 10.1 Å². The summed E-state index contributed by atoms with van der Waals surface area (Å²) in [6.45, 7) is 4.25. The second-order valence-corrected chi connectivity index (χ2v) is 5.65. The van der Waals surface area contributed by atoms with E-state index in [9.17, 15) is 14.0 Å². The van der Waals surface area contributed by atoms with E-state index >= 15 is 0 Å². The molecule has 2 rings (SSSR count). The molecule has 4 nitrogen and oxygen atoms in total. The highest BCUT2D eigenvalue weighted by molar-refractivity contribution is 5.94. The highest BCUT2D eigenvalue weighted by Gasteiger charge is 2.14. The topological polar surface area (TPSA) is 46.6 Å². The minimum absolute atomic E-state index is 0.00847. The lowest BCUT2D eigenvalue weighted by Gasteiger charge is -2.21. The number of ketones is 1. The van der Waals surface area contributed by atoms with Crippen LogP contribution < -0.4 is 9.64 Å². The van der Waals surface area contributed by atoms with E-state index < -0.39 is 0 Å². The van der Waals surface area contributed by atoms with Gasteiger partial charge >= 0.3 is 0 Å². The molecule has 2 aromatic rings. The van der Waals surface area contributed by atoms with Gasteiger partial charge in [-0.15, -0.1) is 0 Å². The Bertz CT molecular complexity index is 728. The van der Waals surface area contributed by atoms with E-state index in [2.05, 4.69) is 0 Å². The molecular formula is C20H22FNO3. The molecule has 0 aromatic heterocycles. The first kappa shape index (κ1) is 18.6. The van der Waals surface area contributed by atoms with Crippen molar-refractivity contribution in [3.63, 3.8) is 0 Å². The molecule has 5 heteroatoms. The molecule has 0 aliphatic rings. The van der Waals surface area contributed by atoms with Crippen LogP contribution in [-0.2, 0) is 4.79 Å². The van der Waals surface area contributed by atoms with Gasteiger partial charge in [-0.2, -0.15) is 0 Å². The summed E-state index contributed by atoms with van der Waals surface area (Å²) in [5.41, 5.74) is 1.20. The summed E-state index contributed by atoms with van der Waals surface area (Å²) in [6, 6.07) is 12.9. The largest absolute Gasteiger partial charge is 0.494 e. The van der Waals surface area contributed by atoms with Gasteiger partial charge in [0.15, 0.2) is 5.78 Å². The maximum atomic E-state index is 13.3. The molecule has 0 saturated heterocycles. The summed E-state index contributed by atoms with van der Waals surface area (Å²) in [4.78, 5) is 25.1. The minimum atomic E-state index is -0.360. The van der Waals surface area contributed by atoms with Crippen LogP contribution in [0.1, 0.15) is 37.0 Å². The summed E-state index contributed by atoms with van der Waals surface area (Å²) >= 11 is 0. The minimum Gasteiger partial charge on any atom is -0.494 e. The zero-order valence-electron chi connectivity index (χ0n) is 14.5. The lowest BCUT2D eigenvalue weighted by Crippen LogP contribution is -2.30. The Kier molecular flexibility index (Phi) is 6.69. The Morgan fingerprint density at radius 1 is 1.12 bits per heavy atom. The van der Waals surface area contributed by atoms with Crippen molar-refractivity contribution in [2.24, 2.45) is 0 Å². The molecule has 0 spiro atoms. The van der Waals surface area contributed by atoms with E-state index in [4.69, 9.17) is 4.74 Å². The maximum absolute atomic E-state index is 13.3. The van der Waals surface area contributed by atoms with Crippen molar-refractivity contribution in [1.29, 1.82) is 0 Å². The highest BCUT2D eigenvalue weighted by atomic mass is 19.1. The zero-order chi connectivity index (χ0) is 18.2. The van der Waals surface area contributed by atoms with Crippen molar-refractivity contribution in [3.05, 3.63) is 59.9 Å². The predicted molar refractivity (Wildman–Crippen MR) is 95.6 cm³/mol.